The van der Waals surface area contributed by atoms with Crippen LogP contribution in [0, 0.1) is 6.92 Å². The monoisotopic (exact) mass is 627 g/mol. The second-order valence-corrected chi connectivity index (χ2v) is 13.8. The first-order valence-electron chi connectivity index (χ1n) is 14.8. The number of benzene rings is 4. The van der Waals surface area contributed by atoms with Crippen molar-refractivity contribution in [3.8, 4) is 5.75 Å². The summed E-state index contributed by atoms with van der Waals surface area (Å²) in [4.78, 5) is 30.0. The Balaban J connectivity index is 1.83. The van der Waals surface area contributed by atoms with Crippen molar-refractivity contribution >= 4 is 27.5 Å². The molecule has 0 spiro atoms. The molecule has 2 amide bonds. The van der Waals surface area contributed by atoms with Gasteiger partial charge in [0.2, 0.25) is 11.8 Å². The molecule has 4 rings (SSSR count). The van der Waals surface area contributed by atoms with Crippen molar-refractivity contribution in [3.05, 3.63) is 126 Å². The molecule has 0 bridgehead atoms. The maximum atomic E-state index is 14.6. The highest BCUT2D eigenvalue weighted by Gasteiger charge is 2.36. The summed E-state index contributed by atoms with van der Waals surface area (Å²) in [6, 6.07) is 31.0. The molecule has 9 heteroatoms. The lowest BCUT2D eigenvalue weighted by Crippen LogP contribution is -2.56. The Morgan fingerprint density at radius 1 is 0.800 bits per heavy atom. The minimum absolute atomic E-state index is 0.0349. The number of carbonyl (C=O) groups excluding carboxylic acids is 2. The minimum atomic E-state index is -4.23. The maximum absolute atomic E-state index is 14.6. The van der Waals surface area contributed by atoms with Gasteiger partial charge in [-0.2, -0.15) is 0 Å². The summed E-state index contributed by atoms with van der Waals surface area (Å²) in [6.07, 6.45) is 0.237. The largest absolute Gasteiger partial charge is 0.495 e. The van der Waals surface area contributed by atoms with E-state index in [1.165, 1.54) is 24.1 Å². The molecule has 0 aliphatic rings. The average Bonchev–Trinajstić information content (AvgIpc) is 3.01. The number of methoxy groups -OCH3 is 1. The fraction of sp³-hybridized carbons (Fsp3) is 0.278. The predicted molar refractivity (Wildman–Crippen MR) is 178 cm³/mol. The van der Waals surface area contributed by atoms with Crippen LogP contribution in [0.2, 0.25) is 0 Å². The molecule has 45 heavy (non-hydrogen) atoms. The number of amides is 2. The second-order valence-electron chi connectivity index (χ2n) is 11.9. The Bertz CT molecular complexity index is 1690. The molecule has 0 aliphatic heterocycles. The van der Waals surface area contributed by atoms with E-state index < -0.39 is 34.1 Å². The molecule has 0 aromatic heterocycles. The van der Waals surface area contributed by atoms with Gasteiger partial charge in [0.15, 0.2) is 0 Å². The maximum Gasteiger partial charge on any atom is 0.264 e. The molecule has 1 atom stereocenters. The fourth-order valence-electron chi connectivity index (χ4n) is 4.97. The fourth-order valence-corrected chi connectivity index (χ4v) is 6.40. The molecule has 0 aliphatic carbocycles. The number of nitrogens with one attached hydrogen (secondary N) is 1. The summed E-state index contributed by atoms with van der Waals surface area (Å²) in [7, 11) is -2.78. The van der Waals surface area contributed by atoms with Crippen molar-refractivity contribution in [2.75, 3.05) is 18.0 Å². The summed E-state index contributed by atoms with van der Waals surface area (Å²) in [6.45, 7) is 7.05. The Labute approximate surface area is 266 Å². The molecular formula is C36H41N3O5S. The molecule has 236 valence electrons. The van der Waals surface area contributed by atoms with E-state index in [0.717, 1.165) is 21.0 Å². The van der Waals surface area contributed by atoms with Gasteiger partial charge in [-0.25, -0.2) is 8.42 Å². The minimum Gasteiger partial charge on any atom is -0.495 e. The number of rotatable bonds is 12. The number of hydrogen-bond acceptors (Lipinski definition) is 5. The van der Waals surface area contributed by atoms with Crippen LogP contribution in [-0.2, 0) is 32.6 Å². The standard InChI is InChI=1S/C36H41N3O5S/c1-27-20-22-30(23-21-27)45(42,43)39(31-18-12-13-19-33(31)44-5)26-34(40)38(25-29-16-10-7-11-17-29)32(35(41)37-36(2,3)4)24-28-14-8-6-9-15-28/h6-23,32H,24-26H2,1-5H3,(H,37,41). The molecule has 4 aromatic carbocycles. The highest BCUT2D eigenvalue weighted by molar-refractivity contribution is 7.92. The van der Waals surface area contributed by atoms with Gasteiger partial charge in [0.25, 0.3) is 10.0 Å². The quantitative estimate of drug-likeness (QED) is 0.216. The van der Waals surface area contributed by atoms with E-state index in [4.69, 9.17) is 4.74 Å². The van der Waals surface area contributed by atoms with E-state index in [1.54, 1.807) is 36.4 Å². The number of anilines is 1. The van der Waals surface area contributed by atoms with E-state index >= 15 is 0 Å². The van der Waals surface area contributed by atoms with Crippen molar-refractivity contribution in [2.45, 2.75) is 57.1 Å². The summed E-state index contributed by atoms with van der Waals surface area (Å²) in [5, 5.41) is 3.04. The third kappa shape index (κ3) is 8.73. The second kappa shape index (κ2) is 14.4. The van der Waals surface area contributed by atoms with Gasteiger partial charge in [-0.1, -0.05) is 90.5 Å². The van der Waals surface area contributed by atoms with Gasteiger partial charge in [0.1, 0.15) is 18.3 Å². The van der Waals surface area contributed by atoms with Crippen LogP contribution in [0.4, 0.5) is 5.69 Å². The molecule has 1 unspecified atom stereocenters. The highest BCUT2D eigenvalue weighted by Crippen LogP contribution is 2.33. The molecule has 0 saturated carbocycles. The molecule has 4 aromatic rings. The first-order chi connectivity index (χ1) is 21.4. The van der Waals surface area contributed by atoms with E-state index in [1.807, 2.05) is 88.4 Å². The lowest BCUT2D eigenvalue weighted by Gasteiger charge is -2.35. The van der Waals surface area contributed by atoms with Gasteiger partial charge in [0.05, 0.1) is 17.7 Å². The Morgan fingerprint density at radius 3 is 1.93 bits per heavy atom. The third-order valence-corrected chi connectivity index (χ3v) is 8.98. The topological polar surface area (TPSA) is 96.0 Å². The van der Waals surface area contributed by atoms with Crippen molar-refractivity contribution < 1.29 is 22.7 Å². The number of hydrogen-bond donors (Lipinski definition) is 1. The van der Waals surface area contributed by atoms with E-state index in [-0.39, 0.29) is 29.5 Å². The van der Waals surface area contributed by atoms with Gasteiger partial charge in [-0.3, -0.25) is 13.9 Å². The van der Waals surface area contributed by atoms with Crippen molar-refractivity contribution in [3.63, 3.8) is 0 Å². The number of nitrogens with zero attached hydrogens (tertiary/aromatic N) is 2. The van der Waals surface area contributed by atoms with E-state index in [0.29, 0.717) is 5.75 Å². The Kier molecular flexibility index (Phi) is 10.7. The molecule has 1 N–H and O–H groups in total. The average molecular weight is 628 g/mol. The van der Waals surface area contributed by atoms with Crippen LogP contribution >= 0.6 is 0 Å². The third-order valence-electron chi connectivity index (χ3n) is 7.21. The van der Waals surface area contributed by atoms with Crippen LogP contribution in [-0.4, -0.2) is 50.4 Å². The normalized spacial score (nSPS) is 12.2. The van der Waals surface area contributed by atoms with Crippen molar-refractivity contribution in [1.29, 1.82) is 0 Å². The zero-order valence-electron chi connectivity index (χ0n) is 26.4. The molecule has 0 heterocycles. The number of ether oxygens (including phenoxy) is 1. The molecule has 0 fully saturated rings. The lowest BCUT2D eigenvalue weighted by molar-refractivity contribution is -0.140. The summed E-state index contributed by atoms with van der Waals surface area (Å²) in [5.74, 6) is -0.576. The van der Waals surface area contributed by atoms with Gasteiger partial charge < -0.3 is 15.0 Å². The summed E-state index contributed by atoms with van der Waals surface area (Å²) < 4.78 is 35.1. The van der Waals surface area contributed by atoms with Crippen LogP contribution in [0.1, 0.15) is 37.5 Å². The van der Waals surface area contributed by atoms with Gasteiger partial charge >= 0.3 is 0 Å². The van der Waals surface area contributed by atoms with E-state index in [2.05, 4.69) is 5.32 Å². The Hall–Kier alpha value is -4.63. The molecular weight excluding hydrogens is 586 g/mol. The first kappa shape index (κ1) is 33.3. The SMILES string of the molecule is COc1ccccc1N(CC(=O)N(Cc1ccccc1)C(Cc1ccccc1)C(=O)NC(C)(C)C)S(=O)(=O)c1ccc(C)cc1. The molecule has 0 radical (unpaired) electrons. The zero-order chi connectivity index (χ0) is 32.6. The van der Waals surface area contributed by atoms with Gasteiger partial charge in [-0.05, 0) is 63.1 Å². The van der Waals surface area contributed by atoms with Crippen LogP contribution < -0.4 is 14.4 Å². The first-order valence-corrected chi connectivity index (χ1v) is 16.2. The van der Waals surface area contributed by atoms with E-state index in [9.17, 15) is 18.0 Å². The predicted octanol–water partition coefficient (Wildman–Crippen LogP) is 5.75. The van der Waals surface area contributed by atoms with Crippen LogP contribution in [0.25, 0.3) is 0 Å². The highest BCUT2D eigenvalue weighted by atomic mass is 32.2. The van der Waals surface area contributed by atoms with Gasteiger partial charge in [0, 0.05) is 18.5 Å². The smallest absolute Gasteiger partial charge is 0.264 e. The Morgan fingerprint density at radius 2 is 1.36 bits per heavy atom. The number of para-hydroxylation sites is 2. The van der Waals surface area contributed by atoms with Gasteiger partial charge in [-0.15, -0.1) is 0 Å². The van der Waals surface area contributed by atoms with Crippen LogP contribution in [0.15, 0.2) is 114 Å². The lowest BCUT2D eigenvalue weighted by atomic mass is 10.0. The summed E-state index contributed by atoms with van der Waals surface area (Å²) >= 11 is 0. The molecule has 8 nitrogen and oxygen atoms in total. The zero-order valence-corrected chi connectivity index (χ0v) is 27.3. The summed E-state index contributed by atoms with van der Waals surface area (Å²) in [5.41, 5.74) is 2.22. The van der Waals surface area contributed by atoms with Crippen LogP contribution in [0.3, 0.4) is 0 Å². The van der Waals surface area contributed by atoms with Crippen molar-refractivity contribution in [1.82, 2.24) is 10.2 Å². The molecule has 0 saturated heterocycles. The van der Waals surface area contributed by atoms with Crippen LogP contribution in [0.5, 0.6) is 5.75 Å². The number of sulfonamides is 1. The number of aryl methyl sites for hydroxylation is 1. The van der Waals surface area contributed by atoms with Crippen molar-refractivity contribution in [2.24, 2.45) is 0 Å². The number of carbonyl (C=O) groups is 2.